The fourth-order valence-corrected chi connectivity index (χ4v) is 2.57. The molecule has 4 nitrogen and oxygen atoms in total. The van der Waals surface area contributed by atoms with Crippen LogP contribution in [0.1, 0.15) is 19.8 Å². The molecule has 0 aromatic heterocycles. The van der Waals surface area contributed by atoms with Gasteiger partial charge < -0.3 is 15.2 Å². The first kappa shape index (κ1) is 17.1. The molecule has 0 amide bonds. The van der Waals surface area contributed by atoms with Crippen molar-refractivity contribution in [1.29, 1.82) is 0 Å². The summed E-state index contributed by atoms with van der Waals surface area (Å²) in [6.45, 7) is 6.13. The van der Waals surface area contributed by atoms with Gasteiger partial charge >= 0.3 is 0 Å². The maximum atomic E-state index is 5.84. The summed E-state index contributed by atoms with van der Waals surface area (Å²) in [6.07, 6.45) is 2.46. The SMILES string of the molecule is CCOc1ccccc1OCCN1CCCC1CN.Cl. The summed E-state index contributed by atoms with van der Waals surface area (Å²) < 4.78 is 11.4. The molecule has 2 rings (SSSR count). The topological polar surface area (TPSA) is 47.7 Å². The molecule has 5 heteroatoms. The van der Waals surface area contributed by atoms with Gasteiger partial charge in [-0.3, -0.25) is 4.90 Å². The van der Waals surface area contributed by atoms with Crippen LogP contribution in [0.5, 0.6) is 11.5 Å². The van der Waals surface area contributed by atoms with Crippen LogP contribution < -0.4 is 15.2 Å². The molecular formula is C15H25ClN2O2. The zero-order valence-corrected chi connectivity index (χ0v) is 12.9. The highest BCUT2D eigenvalue weighted by Gasteiger charge is 2.22. The van der Waals surface area contributed by atoms with E-state index in [1.54, 1.807) is 0 Å². The van der Waals surface area contributed by atoms with Crippen LogP contribution >= 0.6 is 12.4 Å². The minimum atomic E-state index is 0. The van der Waals surface area contributed by atoms with Gasteiger partial charge in [-0.05, 0) is 38.4 Å². The molecule has 1 aromatic rings. The van der Waals surface area contributed by atoms with Gasteiger partial charge in [0.1, 0.15) is 6.61 Å². The monoisotopic (exact) mass is 300 g/mol. The molecule has 1 fully saturated rings. The van der Waals surface area contributed by atoms with Gasteiger partial charge in [-0.25, -0.2) is 0 Å². The Bertz CT molecular complexity index is 390. The molecule has 0 bridgehead atoms. The highest BCUT2D eigenvalue weighted by atomic mass is 35.5. The van der Waals surface area contributed by atoms with E-state index in [-0.39, 0.29) is 12.4 Å². The summed E-state index contributed by atoms with van der Waals surface area (Å²) in [5.41, 5.74) is 5.77. The predicted molar refractivity (Wildman–Crippen MR) is 84.0 cm³/mol. The van der Waals surface area contributed by atoms with Crippen molar-refractivity contribution in [2.24, 2.45) is 5.73 Å². The van der Waals surface area contributed by atoms with E-state index in [1.165, 1.54) is 12.8 Å². The van der Waals surface area contributed by atoms with Crippen molar-refractivity contribution >= 4 is 12.4 Å². The van der Waals surface area contributed by atoms with E-state index < -0.39 is 0 Å². The predicted octanol–water partition coefficient (Wildman–Crippen LogP) is 2.31. The van der Waals surface area contributed by atoms with Crippen LogP contribution in [-0.4, -0.2) is 43.8 Å². The summed E-state index contributed by atoms with van der Waals surface area (Å²) in [4.78, 5) is 2.42. The van der Waals surface area contributed by atoms with Gasteiger partial charge in [0.15, 0.2) is 11.5 Å². The van der Waals surface area contributed by atoms with Crippen LogP contribution in [0, 0.1) is 0 Å². The lowest BCUT2D eigenvalue weighted by molar-refractivity contribution is 0.194. The Balaban J connectivity index is 0.00000200. The number of hydrogen-bond donors (Lipinski definition) is 1. The largest absolute Gasteiger partial charge is 0.490 e. The molecule has 0 radical (unpaired) electrons. The molecule has 114 valence electrons. The third kappa shape index (κ3) is 4.54. The number of nitrogens with zero attached hydrogens (tertiary/aromatic N) is 1. The number of nitrogens with two attached hydrogens (primary N) is 1. The highest BCUT2D eigenvalue weighted by Crippen LogP contribution is 2.26. The van der Waals surface area contributed by atoms with Crippen LogP contribution in [0.3, 0.4) is 0 Å². The maximum absolute atomic E-state index is 5.84. The summed E-state index contributed by atoms with van der Waals surface area (Å²) in [7, 11) is 0. The average Bonchev–Trinajstić information content (AvgIpc) is 2.88. The zero-order valence-electron chi connectivity index (χ0n) is 12.1. The molecule has 1 atom stereocenters. The molecule has 1 aliphatic rings. The molecular weight excluding hydrogens is 276 g/mol. The van der Waals surface area contributed by atoms with Crippen molar-refractivity contribution in [3.05, 3.63) is 24.3 Å². The van der Waals surface area contributed by atoms with Crippen molar-refractivity contribution in [1.82, 2.24) is 4.90 Å². The Labute approximate surface area is 127 Å². The Hall–Kier alpha value is -0.970. The van der Waals surface area contributed by atoms with Gasteiger partial charge in [0.25, 0.3) is 0 Å². The number of likely N-dealkylation sites (tertiary alicyclic amines) is 1. The van der Waals surface area contributed by atoms with E-state index in [9.17, 15) is 0 Å². The molecule has 0 spiro atoms. The molecule has 1 heterocycles. The lowest BCUT2D eigenvalue weighted by atomic mass is 10.2. The van der Waals surface area contributed by atoms with E-state index in [0.29, 0.717) is 19.3 Å². The van der Waals surface area contributed by atoms with E-state index in [0.717, 1.165) is 31.1 Å². The number of rotatable bonds is 7. The molecule has 1 aliphatic heterocycles. The van der Waals surface area contributed by atoms with Gasteiger partial charge in [-0.1, -0.05) is 12.1 Å². The lowest BCUT2D eigenvalue weighted by Crippen LogP contribution is -2.37. The maximum Gasteiger partial charge on any atom is 0.161 e. The minimum Gasteiger partial charge on any atom is -0.490 e. The van der Waals surface area contributed by atoms with Crippen molar-refractivity contribution < 1.29 is 9.47 Å². The number of benzene rings is 1. The number of para-hydroxylation sites is 2. The van der Waals surface area contributed by atoms with E-state index in [2.05, 4.69) is 4.90 Å². The second-order valence-electron chi connectivity index (χ2n) is 4.80. The van der Waals surface area contributed by atoms with Gasteiger partial charge in [-0.15, -0.1) is 12.4 Å². The van der Waals surface area contributed by atoms with Crippen LogP contribution in [0.25, 0.3) is 0 Å². The molecule has 2 N–H and O–H groups in total. The summed E-state index contributed by atoms with van der Waals surface area (Å²) in [6, 6.07) is 8.36. The van der Waals surface area contributed by atoms with Crippen LogP contribution in [0.15, 0.2) is 24.3 Å². The molecule has 20 heavy (non-hydrogen) atoms. The van der Waals surface area contributed by atoms with Gasteiger partial charge in [0.05, 0.1) is 6.61 Å². The van der Waals surface area contributed by atoms with Crippen molar-refractivity contribution in [2.45, 2.75) is 25.8 Å². The smallest absolute Gasteiger partial charge is 0.161 e. The number of ether oxygens (including phenoxy) is 2. The highest BCUT2D eigenvalue weighted by molar-refractivity contribution is 5.85. The average molecular weight is 301 g/mol. The van der Waals surface area contributed by atoms with Gasteiger partial charge in [0.2, 0.25) is 0 Å². The van der Waals surface area contributed by atoms with Crippen LogP contribution in [0.2, 0.25) is 0 Å². The molecule has 0 aliphatic carbocycles. The summed E-state index contributed by atoms with van der Waals surface area (Å²) >= 11 is 0. The quantitative estimate of drug-likeness (QED) is 0.839. The number of halogens is 1. The first-order chi connectivity index (χ1) is 9.35. The second-order valence-corrected chi connectivity index (χ2v) is 4.80. The van der Waals surface area contributed by atoms with E-state index in [4.69, 9.17) is 15.2 Å². The molecule has 1 unspecified atom stereocenters. The third-order valence-corrected chi connectivity index (χ3v) is 3.56. The van der Waals surface area contributed by atoms with Crippen LogP contribution in [-0.2, 0) is 0 Å². The van der Waals surface area contributed by atoms with Crippen molar-refractivity contribution in [2.75, 3.05) is 32.8 Å². The lowest BCUT2D eigenvalue weighted by Gasteiger charge is -2.23. The van der Waals surface area contributed by atoms with Gasteiger partial charge in [-0.2, -0.15) is 0 Å². The van der Waals surface area contributed by atoms with Crippen LogP contribution in [0.4, 0.5) is 0 Å². The van der Waals surface area contributed by atoms with Crippen molar-refractivity contribution in [3.63, 3.8) is 0 Å². The summed E-state index contributed by atoms with van der Waals surface area (Å²) in [5, 5.41) is 0. The fraction of sp³-hybridized carbons (Fsp3) is 0.600. The van der Waals surface area contributed by atoms with E-state index in [1.807, 2.05) is 31.2 Å². The first-order valence-corrected chi connectivity index (χ1v) is 7.14. The van der Waals surface area contributed by atoms with Crippen molar-refractivity contribution in [3.8, 4) is 11.5 Å². The standard InChI is InChI=1S/C15H24N2O2.ClH/c1-2-18-14-7-3-4-8-15(14)19-11-10-17-9-5-6-13(17)12-16;/h3-4,7-8,13H,2,5-6,9-12,16H2,1H3;1H. The molecule has 1 saturated heterocycles. The minimum absolute atomic E-state index is 0. The Kier molecular flexibility index (Phi) is 7.73. The third-order valence-electron chi connectivity index (χ3n) is 3.56. The fourth-order valence-electron chi connectivity index (χ4n) is 2.57. The normalized spacial score (nSPS) is 18.6. The molecule has 0 saturated carbocycles. The number of hydrogen-bond acceptors (Lipinski definition) is 4. The zero-order chi connectivity index (χ0) is 13.5. The first-order valence-electron chi connectivity index (χ1n) is 7.14. The molecule has 1 aromatic carbocycles. The van der Waals surface area contributed by atoms with Gasteiger partial charge in [0, 0.05) is 19.1 Å². The Morgan fingerprint density at radius 1 is 1.25 bits per heavy atom. The second kappa shape index (κ2) is 9.06. The van der Waals surface area contributed by atoms with E-state index >= 15 is 0 Å². The summed E-state index contributed by atoms with van der Waals surface area (Å²) in [5.74, 6) is 1.65. The Morgan fingerprint density at radius 3 is 2.60 bits per heavy atom. The Morgan fingerprint density at radius 2 is 1.95 bits per heavy atom.